The highest BCUT2D eigenvalue weighted by Gasteiger charge is 2.18. The summed E-state index contributed by atoms with van der Waals surface area (Å²) in [5.41, 5.74) is -0.0270. The van der Waals surface area contributed by atoms with Gasteiger partial charge >= 0.3 is 0 Å². The van der Waals surface area contributed by atoms with Gasteiger partial charge in [0.15, 0.2) is 5.96 Å². The number of oxazole rings is 1. The van der Waals surface area contributed by atoms with Gasteiger partial charge in [-0.3, -0.25) is 0 Å². The van der Waals surface area contributed by atoms with Crippen LogP contribution in [0.25, 0.3) is 0 Å². The second kappa shape index (κ2) is 10.3. The molecule has 0 atom stereocenters. The van der Waals surface area contributed by atoms with Crippen molar-refractivity contribution in [3.05, 3.63) is 17.8 Å². The molecule has 1 aromatic heterocycles. The summed E-state index contributed by atoms with van der Waals surface area (Å²) in [5, 5.41) is 6.62. The Hall–Kier alpha value is -1.56. The molecule has 0 saturated carbocycles. The minimum absolute atomic E-state index is 0.0270. The third-order valence-electron chi connectivity index (χ3n) is 3.69. The van der Waals surface area contributed by atoms with Crippen LogP contribution in [0.4, 0.5) is 0 Å². The van der Waals surface area contributed by atoms with E-state index in [0.29, 0.717) is 12.4 Å². The molecule has 1 rings (SSSR count). The second-order valence-electron chi connectivity index (χ2n) is 7.15. The Morgan fingerprint density at radius 1 is 1.25 bits per heavy atom. The second-order valence-corrected chi connectivity index (χ2v) is 7.15. The van der Waals surface area contributed by atoms with E-state index in [2.05, 4.69) is 67.2 Å². The van der Waals surface area contributed by atoms with E-state index in [0.717, 1.165) is 37.9 Å². The summed E-state index contributed by atoms with van der Waals surface area (Å²) in [7, 11) is 2.15. The van der Waals surface area contributed by atoms with Gasteiger partial charge in [-0.25, -0.2) is 9.98 Å². The quantitative estimate of drug-likeness (QED) is 0.536. The summed E-state index contributed by atoms with van der Waals surface area (Å²) < 4.78 is 5.78. The van der Waals surface area contributed by atoms with E-state index >= 15 is 0 Å². The smallest absolute Gasteiger partial charge is 0.216 e. The number of hydrogen-bond acceptors (Lipinski definition) is 4. The first-order valence-corrected chi connectivity index (χ1v) is 9.02. The van der Waals surface area contributed by atoms with Gasteiger partial charge < -0.3 is 20.0 Å². The van der Waals surface area contributed by atoms with Crippen molar-refractivity contribution in [1.29, 1.82) is 0 Å². The van der Waals surface area contributed by atoms with Gasteiger partial charge in [0.2, 0.25) is 5.89 Å². The molecule has 24 heavy (non-hydrogen) atoms. The molecule has 1 heterocycles. The maximum Gasteiger partial charge on any atom is 0.216 e. The van der Waals surface area contributed by atoms with Crippen LogP contribution in [0, 0.1) is 0 Å². The number of nitrogens with one attached hydrogen (secondary N) is 2. The third-order valence-corrected chi connectivity index (χ3v) is 3.69. The van der Waals surface area contributed by atoms with Crippen molar-refractivity contribution in [3.63, 3.8) is 0 Å². The molecule has 0 aliphatic heterocycles. The van der Waals surface area contributed by atoms with E-state index in [9.17, 15) is 0 Å². The molecule has 0 saturated heterocycles. The van der Waals surface area contributed by atoms with E-state index in [-0.39, 0.29) is 5.41 Å². The van der Waals surface area contributed by atoms with Crippen LogP contribution >= 0.6 is 0 Å². The number of likely N-dealkylation sites (N-methyl/N-ethyl adjacent to an activating group) is 1. The van der Waals surface area contributed by atoms with E-state index in [4.69, 9.17) is 4.42 Å². The summed E-state index contributed by atoms with van der Waals surface area (Å²) >= 11 is 0. The predicted molar refractivity (Wildman–Crippen MR) is 100 cm³/mol. The maximum absolute atomic E-state index is 5.78. The van der Waals surface area contributed by atoms with Gasteiger partial charge in [-0.2, -0.15) is 0 Å². The van der Waals surface area contributed by atoms with Gasteiger partial charge in [-0.1, -0.05) is 34.1 Å². The van der Waals surface area contributed by atoms with Crippen LogP contribution in [0.3, 0.4) is 0 Å². The fourth-order valence-corrected chi connectivity index (χ4v) is 2.12. The monoisotopic (exact) mass is 337 g/mol. The number of hydrogen-bond donors (Lipinski definition) is 2. The van der Waals surface area contributed by atoms with Gasteiger partial charge in [0.1, 0.15) is 12.3 Å². The molecule has 0 aliphatic carbocycles. The lowest BCUT2D eigenvalue weighted by Gasteiger charge is -2.17. The lowest BCUT2D eigenvalue weighted by atomic mass is 9.94. The molecule has 0 bridgehead atoms. The molecule has 2 N–H and O–H groups in total. The largest absolute Gasteiger partial charge is 0.443 e. The Kier molecular flexibility index (Phi) is 8.82. The van der Waals surface area contributed by atoms with Crippen molar-refractivity contribution in [2.45, 2.75) is 59.4 Å². The van der Waals surface area contributed by atoms with Crippen molar-refractivity contribution in [1.82, 2.24) is 20.5 Å². The van der Waals surface area contributed by atoms with Crippen molar-refractivity contribution >= 4 is 5.96 Å². The average molecular weight is 338 g/mol. The summed E-state index contributed by atoms with van der Waals surface area (Å²) in [4.78, 5) is 11.2. The van der Waals surface area contributed by atoms with Gasteiger partial charge in [0.25, 0.3) is 0 Å². The van der Waals surface area contributed by atoms with Crippen LogP contribution in [-0.2, 0) is 12.0 Å². The minimum atomic E-state index is -0.0270. The summed E-state index contributed by atoms with van der Waals surface area (Å²) in [6.45, 7) is 14.9. The molecule has 0 aromatic carbocycles. The van der Waals surface area contributed by atoms with Crippen molar-refractivity contribution < 1.29 is 4.42 Å². The highest BCUT2D eigenvalue weighted by Crippen LogP contribution is 2.22. The summed E-state index contributed by atoms with van der Waals surface area (Å²) in [5.74, 6) is 2.34. The number of unbranched alkanes of at least 4 members (excludes halogenated alkanes) is 1. The summed E-state index contributed by atoms with van der Waals surface area (Å²) in [6, 6.07) is 0. The standard InChI is InChI=1S/C18H35N5O/c1-7-9-11-23(6)12-10-20-17(19-8-2)22-14-16-21-13-15(24-16)18(3,4)5/h13H,7-12,14H2,1-6H3,(H2,19,20,22). The first-order valence-electron chi connectivity index (χ1n) is 9.02. The van der Waals surface area contributed by atoms with Crippen LogP contribution in [-0.4, -0.2) is 49.1 Å². The molecular weight excluding hydrogens is 302 g/mol. The first-order chi connectivity index (χ1) is 11.4. The Labute approximate surface area is 147 Å². The molecule has 0 aliphatic rings. The fourth-order valence-electron chi connectivity index (χ4n) is 2.12. The zero-order chi connectivity index (χ0) is 18.0. The zero-order valence-corrected chi connectivity index (χ0v) is 16.3. The molecule has 138 valence electrons. The number of rotatable bonds is 9. The van der Waals surface area contributed by atoms with Crippen molar-refractivity contribution in [2.24, 2.45) is 4.99 Å². The van der Waals surface area contributed by atoms with E-state index in [1.807, 2.05) is 0 Å². The molecule has 0 unspecified atom stereocenters. The highest BCUT2D eigenvalue weighted by molar-refractivity contribution is 5.79. The van der Waals surface area contributed by atoms with Crippen LogP contribution in [0.1, 0.15) is 59.1 Å². The molecule has 0 spiro atoms. The van der Waals surface area contributed by atoms with Crippen LogP contribution in [0.5, 0.6) is 0 Å². The van der Waals surface area contributed by atoms with Gasteiger partial charge in [-0.05, 0) is 26.9 Å². The molecule has 0 fully saturated rings. The number of nitrogens with zero attached hydrogens (tertiary/aromatic N) is 3. The fraction of sp³-hybridized carbons (Fsp3) is 0.778. The average Bonchev–Trinajstić information content (AvgIpc) is 2.99. The van der Waals surface area contributed by atoms with Crippen LogP contribution in [0.2, 0.25) is 0 Å². The lowest BCUT2D eigenvalue weighted by molar-refractivity contribution is 0.332. The Morgan fingerprint density at radius 3 is 2.58 bits per heavy atom. The maximum atomic E-state index is 5.78. The summed E-state index contributed by atoms with van der Waals surface area (Å²) in [6.07, 6.45) is 4.27. The van der Waals surface area contributed by atoms with Gasteiger partial charge in [-0.15, -0.1) is 0 Å². The van der Waals surface area contributed by atoms with E-state index in [1.165, 1.54) is 12.8 Å². The number of aromatic nitrogens is 1. The predicted octanol–water partition coefficient (Wildman–Crippen LogP) is 2.76. The highest BCUT2D eigenvalue weighted by atomic mass is 16.4. The normalized spacial score (nSPS) is 12.7. The molecule has 0 amide bonds. The molecule has 6 heteroatoms. The Morgan fingerprint density at radius 2 is 2.00 bits per heavy atom. The number of aliphatic imine (C=N–C) groups is 1. The van der Waals surface area contributed by atoms with Gasteiger partial charge in [0.05, 0.1) is 6.20 Å². The first kappa shape index (κ1) is 20.5. The third kappa shape index (κ3) is 7.81. The van der Waals surface area contributed by atoms with Crippen molar-refractivity contribution in [3.8, 4) is 0 Å². The molecular formula is C18H35N5O. The molecule has 0 radical (unpaired) electrons. The lowest BCUT2D eigenvalue weighted by Crippen LogP contribution is -2.41. The Bertz CT molecular complexity index is 490. The topological polar surface area (TPSA) is 65.7 Å². The zero-order valence-electron chi connectivity index (χ0n) is 16.3. The van der Waals surface area contributed by atoms with Gasteiger partial charge in [0, 0.05) is 25.0 Å². The minimum Gasteiger partial charge on any atom is -0.443 e. The van der Waals surface area contributed by atoms with Crippen LogP contribution < -0.4 is 10.6 Å². The van der Waals surface area contributed by atoms with Crippen LogP contribution in [0.15, 0.2) is 15.6 Å². The van der Waals surface area contributed by atoms with Crippen molar-refractivity contribution in [2.75, 3.05) is 33.2 Å². The SMILES string of the molecule is CCCCN(C)CCNC(=NCc1ncc(C(C)(C)C)o1)NCC. The van der Waals surface area contributed by atoms with E-state index in [1.54, 1.807) is 6.20 Å². The molecule has 6 nitrogen and oxygen atoms in total. The molecule has 1 aromatic rings. The van der Waals surface area contributed by atoms with E-state index < -0.39 is 0 Å². The Balaban J connectivity index is 2.49. The number of guanidine groups is 1.